The molecule has 0 aromatic rings. The number of hydrogen-bond acceptors (Lipinski definition) is 20. The van der Waals surface area contributed by atoms with Crippen molar-refractivity contribution in [1.29, 1.82) is 0 Å². The lowest BCUT2D eigenvalue weighted by Crippen LogP contribution is -2.69. The Kier molecular flexibility index (Phi) is 47.6. The summed E-state index contributed by atoms with van der Waals surface area (Å²) >= 11 is 0. The van der Waals surface area contributed by atoms with Crippen molar-refractivity contribution in [2.45, 2.75) is 324 Å². The SMILES string of the molecule is CCCCCCCCCCCCCCCCCCCCCC[C@@H](OC)C(=O)N(C)[C@@H](CO[C@@H]1O[C@H](CO[C@]2(C(=O)OC)C[C@H](OS(=O)(=O)O)[C@@H](N(C)C(C)=O)[C@H]([C@H](OC)[C@@H](COC)OC)O2)[C@@H](OC)[C@H](OC)[C@H]1OC)[C@H](OC)[C@@H](CCCCCCCCCC(C)CC)OC. The average Bonchev–Trinajstić information content (AvgIpc) is 0.990. The van der Waals surface area contributed by atoms with E-state index in [2.05, 4.69) is 20.8 Å². The van der Waals surface area contributed by atoms with E-state index in [9.17, 15) is 27.4 Å². The molecule has 24 heteroatoms. The van der Waals surface area contributed by atoms with Crippen molar-refractivity contribution in [1.82, 2.24) is 9.80 Å². The molecule has 2 heterocycles. The van der Waals surface area contributed by atoms with Gasteiger partial charge in [0.05, 0.1) is 45.1 Å². The van der Waals surface area contributed by atoms with E-state index in [1.165, 1.54) is 191 Å². The van der Waals surface area contributed by atoms with Crippen LogP contribution >= 0.6 is 0 Å². The van der Waals surface area contributed by atoms with Crippen molar-refractivity contribution in [3.05, 3.63) is 0 Å². The van der Waals surface area contributed by atoms with Gasteiger partial charge in [-0.1, -0.05) is 207 Å². The number of ether oxygens (including phenoxy) is 14. The first-order chi connectivity index (χ1) is 45.2. The highest BCUT2D eigenvalue weighted by atomic mass is 32.3. The third-order valence-electron chi connectivity index (χ3n) is 19.5. The fourth-order valence-electron chi connectivity index (χ4n) is 13.5. The van der Waals surface area contributed by atoms with Gasteiger partial charge in [0.15, 0.2) is 6.29 Å². The summed E-state index contributed by atoms with van der Waals surface area (Å²) in [4.78, 5) is 45.1. The van der Waals surface area contributed by atoms with E-state index in [1.54, 1.807) is 33.3 Å². The summed E-state index contributed by atoms with van der Waals surface area (Å²) < 4.78 is 127. The summed E-state index contributed by atoms with van der Waals surface area (Å²) in [7, 11) is 12.2. The number of esters is 1. The van der Waals surface area contributed by atoms with Crippen LogP contribution in [0.2, 0.25) is 0 Å². The topological polar surface area (TPSA) is 251 Å². The number of carbonyl (C=O) groups excluding carboxylic acids is 3. The zero-order valence-electron chi connectivity index (χ0n) is 61.3. The standard InChI is InChI=1S/C70H134N2O21S/c1-17-19-20-21-22-23-24-25-26-27-28-29-30-31-32-33-34-37-41-44-47-56(81-9)67(74)72(6)54(61(83-11)55(80-8)46-43-40-38-35-36-39-42-45-52(3)18-2)49-89-68-66(87-15)65(86-14)63(85-13)59(91-68)51-90-70(69(75)88-16)48-57(93-94(76,77)78)60(71(5)53(4)73)64(92-70)62(84-12)58(82-10)50-79-7/h52,54-66,68H,17-51H2,1-16H3,(H,76,77,78)/t52?,54-,55+,56+,57-,58+,59+,60+,61-,62+,63+,64+,65-,66+,68+,70+/m0/s1. The number of methoxy groups -OCH3 is 10. The highest BCUT2D eigenvalue weighted by Crippen LogP contribution is 2.40. The normalized spacial score (nSPS) is 24.1. The summed E-state index contributed by atoms with van der Waals surface area (Å²) in [5, 5.41) is 0. The third-order valence-corrected chi connectivity index (χ3v) is 20.0. The summed E-state index contributed by atoms with van der Waals surface area (Å²) in [6, 6.07) is -2.12. The van der Waals surface area contributed by atoms with Crippen LogP contribution in [0.15, 0.2) is 0 Å². The molecule has 2 amide bonds. The summed E-state index contributed by atoms with van der Waals surface area (Å²) in [6.45, 7) is 7.29. The monoisotopic (exact) mass is 1370 g/mol. The molecular formula is C70H134N2O21S. The Morgan fingerprint density at radius 1 is 0.596 bits per heavy atom. The number of rotatable bonds is 58. The lowest BCUT2D eigenvalue weighted by Gasteiger charge is -2.51. The number of carbonyl (C=O) groups is 3. The third kappa shape index (κ3) is 31.1. The van der Waals surface area contributed by atoms with Gasteiger partial charge in [0.1, 0.15) is 61.0 Å². The molecule has 0 bridgehead atoms. The number of likely N-dealkylation sites (N-methyl/N-ethyl adjacent to an activating group) is 2. The first-order valence-electron chi connectivity index (χ1n) is 35.8. The van der Waals surface area contributed by atoms with E-state index in [-0.39, 0.29) is 19.1 Å². The highest BCUT2D eigenvalue weighted by molar-refractivity contribution is 7.80. The predicted octanol–water partition coefficient (Wildman–Crippen LogP) is 11.8. The average molecular weight is 1370 g/mol. The molecule has 0 aliphatic carbocycles. The van der Waals surface area contributed by atoms with Crippen LogP contribution in [0.25, 0.3) is 0 Å². The van der Waals surface area contributed by atoms with Gasteiger partial charge in [0, 0.05) is 91.4 Å². The Morgan fingerprint density at radius 2 is 1.09 bits per heavy atom. The van der Waals surface area contributed by atoms with Crippen molar-refractivity contribution in [3.63, 3.8) is 0 Å². The maximum atomic E-state index is 14.8. The van der Waals surface area contributed by atoms with Gasteiger partial charge in [-0.3, -0.25) is 14.1 Å². The molecule has 94 heavy (non-hydrogen) atoms. The maximum absolute atomic E-state index is 14.8. The Labute approximate surface area is 568 Å². The summed E-state index contributed by atoms with van der Waals surface area (Å²) in [5.74, 6) is -3.72. The van der Waals surface area contributed by atoms with E-state index in [4.69, 9.17) is 70.5 Å². The molecule has 0 aromatic carbocycles. The van der Waals surface area contributed by atoms with Gasteiger partial charge < -0.3 is 76.1 Å². The Bertz CT molecular complexity index is 2050. The first-order valence-corrected chi connectivity index (χ1v) is 37.1. The van der Waals surface area contributed by atoms with E-state index in [0.29, 0.717) is 12.8 Å². The molecule has 0 saturated carbocycles. The van der Waals surface area contributed by atoms with Crippen LogP contribution in [-0.2, 0) is 95.3 Å². The molecule has 0 spiro atoms. The molecule has 23 nitrogen and oxygen atoms in total. The molecule has 1 unspecified atom stereocenters. The van der Waals surface area contributed by atoms with E-state index >= 15 is 0 Å². The lowest BCUT2D eigenvalue weighted by molar-refractivity contribution is -0.347. The molecular weight excluding hydrogens is 1240 g/mol. The minimum Gasteiger partial charge on any atom is -0.465 e. The number of nitrogens with zero attached hydrogens (tertiary/aromatic N) is 2. The van der Waals surface area contributed by atoms with Crippen LogP contribution < -0.4 is 0 Å². The summed E-state index contributed by atoms with van der Waals surface area (Å²) in [6.07, 6.45) is 23.8. The fraction of sp³-hybridized carbons (Fsp3) is 0.957. The zero-order chi connectivity index (χ0) is 69.9. The van der Waals surface area contributed by atoms with Crippen LogP contribution in [0.1, 0.15) is 233 Å². The van der Waals surface area contributed by atoms with E-state index in [1.807, 2.05) is 0 Å². The second-order valence-corrected chi connectivity index (χ2v) is 27.3. The van der Waals surface area contributed by atoms with Gasteiger partial charge in [-0.15, -0.1) is 0 Å². The van der Waals surface area contributed by atoms with E-state index < -0.39 is 127 Å². The van der Waals surface area contributed by atoms with Crippen LogP contribution in [0, 0.1) is 5.92 Å². The molecule has 2 fully saturated rings. The zero-order valence-corrected chi connectivity index (χ0v) is 62.1. The Balaban J connectivity index is 2.43. The highest BCUT2D eigenvalue weighted by Gasteiger charge is 2.60. The molecule has 2 saturated heterocycles. The molecule has 2 rings (SSSR count). The largest absolute Gasteiger partial charge is 0.465 e. The number of unbranched alkanes of at least 4 members (excludes halogenated alkanes) is 25. The predicted molar refractivity (Wildman–Crippen MR) is 362 cm³/mol. The van der Waals surface area contributed by atoms with Gasteiger partial charge in [-0.2, -0.15) is 8.42 Å². The molecule has 2 aliphatic rings. The Hall–Kier alpha value is -2.24. The molecule has 2 aliphatic heterocycles. The lowest BCUT2D eigenvalue weighted by atomic mass is 9.87. The minimum absolute atomic E-state index is 0.0826. The van der Waals surface area contributed by atoms with Gasteiger partial charge in [0.25, 0.3) is 11.7 Å². The number of hydrogen-bond donors (Lipinski definition) is 1. The van der Waals surface area contributed by atoms with Crippen molar-refractivity contribution in [2.75, 3.05) is 105 Å². The molecule has 0 radical (unpaired) electrons. The second kappa shape index (κ2) is 51.0. The van der Waals surface area contributed by atoms with Crippen molar-refractivity contribution >= 4 is 28.2 Å². The summed E-state index contributed by atoms with van der Waals surface area (Å²) in [5.41, 5.74) is 0. The smallest absolute Gasteiger partial charge is 0.397 e. The van der Waals surface area contributed by atoms with Crippen LogP contribution in [0.5, 0.6) is 0 Å². The number of amides is 2. The first kappa shape index (κ1) is 87.8. The van der Waals surface area contributed by atoms with Crippen molar-refractivity contribution in [3.8, 4) is 0 Å². The van der Waals surface area contributed by atoms with Gasteiger partial charge in [-0.25, -0.2) is 8.98 Å². The quantitative estimate of drug-likeness (QED) is 0.0337. The second-order valence-electron chi connectivity index (χ2n) is 26.2. The van der Waals surface area contributed by atoms with Crippen molar-refractivity contribution < 1.29 is 97.9 Å². The van der Waals surface area contributed by atoms with E-state index in [0.717, 1.165) is 69.3 Å². The maximum Gasteiger partial charge on any atom is 0.397 e. The van der Waals surface area contributed by atoms with Gasteiger partial charge in [0.2, 0.25) is 5.91 Å². The van der Waals surface area contributed by atoms with Gasteiger partial charge in [-0.05, 0) is 18.8 Å². The van der Waals surface area contributed by atoms with Gasteiger partial charge >= 0.3 is 16.4 Å². The molecule has 1 N–H and O–H groups in total. The van der Waals surface area contributed by atoms with Crippen LogP contribution in [0.3, 0.4) is 0 Å². The minimum atomic E-state index is -5.28. The van der Waals surface area contributed by atoms with Crippen LogP contribution in [0.4, 0.5) is 0 Å². The molecule has 16 atom stereocenters. The molecule has 556 valence electrons. The fourth-order valence-corrected chi connectivity index (χ4v) is 14.0. The van der Waals surface area contributed by atoms with Crippen molar-refractivity contribution in [2.24, 2.45) is 5.92 Å². The Morgan fingerprint density at radius 3 is 1.50 bits per heavy atom. The van der Waals surface area contributed by atoms with Crippen LogP contribution in [-0.4, -0.2) is 237 Å². The molecule has 0 aromatic heterocycles.